The number of nitrogens with one attached hydrogen (secondary N) is 1. The van der Waals surface area contributed by atoms with Crippen LogP contribution in [0.3, 0.4) is 0 Å². The minimum absolute atomic E-state index is 0.00340. The minimum atomic E-state index is -0.00340. The molecule has 10 heteroatoms. The maximum Gasteiger partial charge on any atom is 0.254 e. The van der Waals surface area contributed by atoms with E-state index in [0.29, 0.717) is 29.6 Å². The fraction of sp³-hybridized carbons (Fsp3) is 0.371. The fourth-order valence-electron chi connectivity index (χ4n) is 7.87. The molecule has 228 valence electrons. The maximum atomic E-state index is 13.7. The molecule has 0 unspecified atom stereocenters. The van der Waals surface area contributed by atoms with Crippen molar-refractivity contribution in [2.75, 3.05) is 19.0 Å². The van der Waals surface area contributed by atoms with Gasteiger partial charge in [0, 0.05) is 54.4 Å². The van der Waals surface area contributed by atoms with E-state index in [1.807, 2.05) is 42.3 Å². The Balaban J connectivity index is 1.14. The van der Waals surface area contributed by atoms with Crippen molar-refractivity contribution >= 4 is 39.6 Å². The van der Waals surface area contributed by atoms with Gasteiger partial charge in [-0.25, -0.2) is 9.97 Å². The fourth-order valence-corrected chi connectivity index (χ4v) is 7.87. The molecule has 2 aromatic carbocycles. The van der Waals surface area contributed by atoms with E-state index >= 15 is 0 Å². The highest BCUT2D eigenvalue weighted by Crippen LogP contribution is 2.40. The van der Waals surface area contributed by atoms with Crippen LogP contribution in [0.15, 0.2) is 48.5 Å². The largest absolute Gasteiger partial charge is 0.494 e. The number of aromatic nitrogens is 4. The number of carbonyl (C=O) groups excluding carboxylic acids is 2. The number of likely N-dealkylation sites (tertiary alicyclic amines) is 1. The number of nitrogens with two attached hydrogens (primary N) is 1. The third kappa shape index (κ3) is 4.11. The van der Waals surface area contributed by atoms with Gasteiger partial charge in [-0.15, -0.1) is 0 Å². The average Bonchev–Trinajstić information content (AvgIpc) is 3.26. The number of piperidine rings is 1. The Bertz CT molecular complexity index is 2070. The summed E-state index contributed by atoms with van der Waals surface area (Å²) in [7, 11) is 3.65. The van der Waals surface area contributed by atoms with Crippen molar-refractivity contribution < 1.29 is 14.3 Å². The Morgan fingerprint density at radius 3 is 2.69 bits per heavy atom. The standard InChI is InChI=1S/C35H35N7O3/c1-40-32-26(12-23(14-29(32)45-2)35(44)42-17-21-7-10-27(42)31(21)36)39-34(40)28-13-20-6-9-24(38-33(20)41(28)16-18-3-4-18)19-5-8-25-22(11-19)15-30(43)37-25/h5-6,8-9,11-14,18,21,27,31H,3-4,7,10,15-17,36H2,1-2H3,(H,37,43)/t21-,27-,31-/m1/s1. The van der Waals surface area contributed by atoms with Gasteiger partial charge < -0.3 is 29.8 Å². The lowest BCUT2D eigenvalue weighted by molar-refractivity contribution is -0.115. The second-order valence-corrected chi connectivity index (χ2v) is 13.3. The lowest BCUT2D eigenvalue weighted by Gasteiger charge is -2.27. The average molecular weight is 602 g/mol. The number of hydrogen-bond acceptors (Lipinski definition) is 6. The van der Waals surface area contributed by atoms with Crippen LogP contribution in [-0.4, -0.2) is 61.6 Å². The number of imidazole rings is 1. The molecule has 0 spiro atoms. The summed E-state index contributed by atoms with van der Waals surface area (Å²) < 4.78 is 10.2. The topological polar surface area (TPSA) is 120 Å². The van der Waals surface area contributed by atoms with Crippen molar-refractivity contribution in [2.45, 2.75) is 50.7 Å². The number of rotatable bonds is 6. The van der Waals surface area contributed by atoms with E-state index in [1.54, 1.807) is 7.11 Å². The van der Waals surface area contributed by atoms with E-state index in [-0.39, 0.29) is 23.9 Å². The number of aryl methyl sites for hydroxylation is 1. The summed E-state index contributed by atoms with van der Waals surface area (Å²) in [6.07, 6.45) is 4.86. The number of amides is 2. The first-order valence-electron chi connectivity index (χ1n) is 15.9. The highest BCUT2D eigenvalue weighted by molar-refractivity contribution is 6.01. The third-order valence-corrected chi connectivity index (χ3v) is 10.5. The van der Waals surface area contributed by atoms with Gasteiger partial charge in [0.2, 0.25) is 5.91 Å². The van der Waals surface area contributed by atoms with E-state index in [1.165, 1.54) is 12.8 Å². The van der Waals surface area contributed by atoms with Gasteiger partial charge in [-0.05, 0) is 85.5 Å². The molecular weight excluding hydrogens is 566 g/mol. The number of carbonyl (C=O) groups is 2. The summed E-state index contributed by atoms with van der Waals surface area (Å²) >= 11 is 0. The molecule has 4 aliphatic rings. The minimum Gasteiger partial charge on any atom is -0.494 e. The number of benzene rings is 2. The van der Waals surface area contributed by atoms with E-state index < -0.39 is 0 Å². The van der Waals surface area contributed by atoms with Crippen molar-refractivity contribution in [2.24, 2.45) is 24.6 Å². The van der Waals surface area contributed by atoms with Crippen molar-refractivity contribution in [3.63, 3.8) is 0 Å². The molecule has 5 heterocycles. The molecule has 3 aromatic heterocycles. The smallest absolute Gasteiger partial charge is 0.254 e. The second kappa shape index (κ2) is 9.65. The first-order valence-corrected chi connectivity index (χ1v) is 15.9. The van der Waals surface area contributed by atoms with E-state index in [2.05, 4.69) is 32.7 Å². The SMILES string of the molecule is COc1cc(C(=O)N2C[C@H]3CC[C@@H]2[C@@H]3N)cc2nc(-c3cc4ccc(-c5ccc6c(c5)CC(=O)N6)nc4n3CC3CC3)n(C)c12. The van der Waals surface area contributed by atoms with Gasteiger partial charge >= 0.3 is 0 Å². The number of hydrogen-bond donors (Lipinski definition) is 2. The van der Waals surface area contributed by atoms with Crippen molar-refractivity contribution in [3.05, 3.63) is 59.7 Å². The van der Waals surface area contributed by atoms with E-state index in [4.69, 9.17) is 20.4 Å². The van der Waals surface area contributed by atoms with Gasteiger partial charge in [-0.1, -0.05) is 6.07 Å². The molecule has 3 atom stereocenters. The summed E-state index contributed by atoms with van der Waals surface area (Å²) in [6, 6.07) is 16.3. The van der Waals surface area contributed by atoms with Crippen LogP contribution in [0.4, 0.5) is 5.69 Å². The number of ether oxygens (including phenoxy) is 1. The van der Waals surface area contributed by atoms with Crippen molar-refractivity contribution in [1.82, 2.24) is 24.0 Å². The lowest BCUT2D eigenvalue weighted by atomic mass is 10.1. The quantitative estimate of drug-likeness (QED) is 0.290. The van der Waals surface area contributed by atoms with Gasteiger partial charge in [0.1, 0.15) is 16.9 Å². The van der Waals surface area contributed by atoms with E-state index in [9.17, 15) is 9.59 Å². The molecule has 2 bridgehead atoms. The Hall–Kier alpha value is -4.70. The predicted molar refractivity (Wildman–Crippen MR) is 172 cm³/mol. The monoisotopic (exact) mass is 601 g/mol. The molecule has 0 radical (unpaired) electrons. The maximum absolute atomic E-state index is 13.7. The van der Waals surface area contributed by atoms with Crippen LogP contribution < -0.4 is 15.8 Å². The number of pyridine rings is 1. The number of fused-ring (bicyclic) bond motifs is 5. The first kappa shape index (κ1) is 26.7. The van der Waals surface area contributed by atoms with Gasteiger partial charge in [0.15, 0.2) is 5.82 Å². The van der Waals surface area contributed by atoms with Gasteiger partial charge in [-0.2, -0.15) is 0 Å². The van der Waals surface area contributed by atoms with Crippen molar-refractivity contribution in [3.8, 4) is 28.5 Å². The van der Waals surface area contributed by atoms with Crippen LogP contribution in [0.5, 0.6) is 5.75 Å². The first-order chi connectivity index (χ1) is 21.9. The molecule has 2 saturated carbocycles. The van der Waals surface area contributed by atoms with Gasteiger partial charge in [0.25, 0.3) is 5.91 Å². The summed E-state index contributed by atoms with van der Waals surface area (Å²) in [5, 5.41) is 3.96. The molecular formula is C35H35N7O3. The van der Waals surface area contributed by atoms with Crippen LogP contribution in [0.1, 0.15) is 41.6 Å². The molecule has 10 nitrogen and oxygen atoms in total. The van der Waals surface area contributed by atoms with Crippen LogP contribution in [0, 0.1) is 11.8 Å². The van der Waals surface area contributed by atoms with Crippen molar-refractivity contribution in [1.29, 1.82) is 0 Å². The second-order valence-electron chi connectivity index (χ2n) is 13.3. The molecule has 3 N–H and O–H groups in total. The van der Waals surface area contributed by atoms with Crippen LogP contribution in [-0.2, 0) is 24.8 Å². The molecule has 1 saturated heterocycles. The summed E-state index contributed by atoms with van der Waals surface area (Å²) in [5.74, 6) is 2.45. The molecule has 2 aliphatic carbocycles. The molecule has 5 aromatic rings. The molecule has 2 amide bonds. The summed E-state index contributed by atoms with van der Waals surface area (Å²) in [6.45, 7) is 1.58. The molecule has 3 fully saturated rings. The Morgan fingerprint density at radius 2 is 1.93 bits per heavy atom. The molecule has 2 aliphatic heterocycles. The van der Waals surface area contributed by atoms with Crippen LogP contribution in [0.2, 0.25) is 0 Å². The molecule has 45 heavy (non-hydrogen) atoms. The lowest BCUT2D eigenvalue weighted by Crippen LogP contribution is -2.41. The summed E-state index contributed by atoms with van der Waals surface area (Å²) in [5.41, 5.74) is 14.2. The molecule has 9 rings (SSSR count). The Kier molecular flexibility index (Phi) is 5.72. The summed E-state index contributed by atoms with van der Waals surface area (Å²) in [4.78, 5) is 37.9. The van der Waals surface area contributed by atoms with E-state index in [0.717, 1.165) is 82.0 Å². The van der Waals surface area contributed by atoms with Gasteiger partial charge in [0.05, 0.1) is 30.4 Å². The Labute approximate surface area is 260 Å². The third-order valence-electron chi connectivity index (χ3n) is 10.5. The van der Waals surface area contributed by atoms with Crippen LogP contribution in [0.25, 0.3) is 44.8 Å². The zero-order valence-electron chi connectivity index (χ0n) is 25.4. The highest BCUT2D eigenvalue weighted by atomic mass is 16.5. The van der Waals surface area contributed by atoms with Crippen LogP contribution >= 0.6 is 0 Å². The number of anilines is 1. The normalized spacial score (nSPS) is 22.1. The van der Waals surface area contributed by atoms with Gasteiger partial charge in [-0.3, -0.25) is 9.59 Å². The number of methoxy groups -OCH3 is 1. The predicted octanol–water partition coefficient (Wildman–Crippen LogP) is 4.73. The number of nitrogens with zero attached hydrogens (tertiary/aromatic N) is 5. The highest BCUT2D eigenvalue weighted by Gasteiger charge is 2.47. The zero-order chi connectivity index (χ0) is 30.6. The Morgan fingerprint density at radius 1 is 1.07 bits per heavy atom. The zero-order valence-corrected chi connectivity index (χ0v) is 25.4.